The highest BCUT2D eigenvalue weighted by Gasteiger charge is 2.21. The summed E-state index contributed by atoms with van der Waals surface area (Å²) in [7, 11) is 2.08. The van der Waals surface area contributed by atoms with Gasteiger partial charge in [-0.2, -0.15) is 0 Å². The Labute approximate surface area is 93.1 Å². The normalized spacial score (nSPS) is 20.1. The standard InChI is InChI=1S/C14H22N/c1-12(13-6-4-3-5-7-13)14-8-10-15(2)11-9-14/h8-13H,3-7H2,1-2H3/q+1. The zero-order valence-corrected chi connectivity index (χ0v) is 9.95. The van der Waals surface area contributed by atoms with Gasteiger partial charge in [-0.05, 0) is 30.2 Å². The van der Waals surface area contributed by atoms with E-state index in [0.717, 1.165) is 11.8 Å². The molecule has 0 amide bonds. The summed E-state index contributed by atoms with van der Waals surface area (Å²) in [6.07, 6.45) is 11.5. The third-order valence-corrected chi connectivity index (χ3v) is 3.89. The van der Waals surface area contributed by atoms with Crippen molar-refractivity contribution < 1.29 is 4.57 Å². The number of rotatable bonds is 2. The van der Waals surface area contributed by atoms with Crippen molar-refractivity contribution in [2.45, 2.75) is 44.9 Å². The Morgan fingerprint density at radius 2 is 1.73 bits per heavy atom. The molecule has 1 nitrogen and oxygen atoms in total. The summed E-state index contributed by atoms with van der Waals surface area (Å²) >= 11 is 0. The van der Waals surface area contributed by atoms with Gasteiger partial charge in [-0.3, -0.25) is 0 Å². The Morgan fingerprint density at radius 1 is 1.13 bits per heavy atom. The highest BCUT2D eigenvalue weighted by molar-refractivity contribution is 5.14. The summed E-state index contributed by atoms with van der Waals surface area (Å²) in [4.78, 5) is 0. The summed E-state index contributed by atoms with van der Waals surface area (Å²) in [5.74, 6) is 1.66. The Bertz CT molecular complexity index is 296. The molecule has 1 atom stereocenters. The number of hydrogen-bond acceptors (Lipinski definition) is 0. The maximum absolute atomic E-state index is 2.39. The first-order valence-corrected chi connectivity index (χ1v) is 6.22. The molecule has 1 aliphatic rings. The fourth-order valence-corrected chi connectivity index (χ4v) is 2.72. The maximum atomic E-state index is 2.39. The molecule has 0 N–H and O–H groups in total. The second-order valence-electron chi connectivity index (χ2n) is 4.98. The molecule has 2 rings (SSSR count). The Morgan fingerprint density at radius 3 is 2.33 bits per heavy atom. The Kier molecular flexibility index (Phi) is 3.40. The third kappa shape index (κ3) is 2.58. The van der Waals surface area contributed by atoms with Crippen molar-refractivity contribution in [3.63, 3.8) is 0 Å². The van der Waals surface area contributed by atoms with Crippen molar-refractivity contribution in [3.05, 3.63) is 30.1 Å². The topological polar surface area (TPSA) is 3.88 Å². The zero-order chi connectivity index (χ0) is 10.7. The van der Waals surface area contributed by atoms with Crippen LogP contribution in [-0.2, 0) is 7.05 Å². The average Bonchev–Trinajstić information content (AvgIpc) is 2.30. The minimum Gasteiger partial charge on any atom is -0.208 e. The Hall–Kier alpha value is -0.850. The van der Waals surface area contributed by atoms with Gasteiger partial charge >= 0.3 is 0 Å². The van der Waals surface area contributed by atoms with E-state index in [1.54, 1.807) is 0 Å². The zero-order valence-electron chi connectivity index (χ0n) is 9.95. The summed E-state index contributed by atoms with van der Waals surface area (Å²) in [6, 6.07) is 4.55. The van der Waals surface area contributed by atoms with E-state index in [9.17, 15) is 0 Å². The average molecular weight is 204 g/mol. The molecule has 0 radical (unpaired) electrons. The van der Waals surface area contributed by atoms with Crippen LogP contribution in [-0.4, -0.2) is 0 Å². The lowest BCUT2D eigenvalue weighted by molar-refractivity contribution is -0.671. The molecule has 0 spiro atoms. The summed E-state index contributed by atoms with van der Waals surface area (Å²) in [5.41, 5.74) is 1.51. The van der Waals surface area contributed by atoms with Gasteiger partial charge < -0.3 is 0 Å². The van der Waals surface area contributed by atoms with Gasteiger partial charge in [0, 0.05) is 12.1 Å². The molecule has 1 fully saturated rings. The van der Waals surface area contributed by atoms with Gasteiger partial charge in [0.1, 0.15) is 7.05 Å². The predicted molar refractivity (Wildman–Crippen MR) is 62.6 cm³/mol. The second kappa shape index (κ2) is 4.78. The molecular weight excluding hydrogens is 182 g/mol. The van der Waals surface area contributed by atoms with E-state index in [1.807, 2.05) is 0 Å². The number of aromatic nitrogens is 1. The molecule has 0 saturated heterocycles. The quantitative estimate of drug-likeness (QED) is 0.651. The molecule has 1 aromatic heterocycles. The SMILES string of the molecule is CC(c1cc[n+](C)cc1)C1CCCCC1. The molecular formula is C14H22N+. The molecule has 15 heavy (non-hydrogen) atoms. The summed E-state index contributed by atoms with van der Waals surface area (Å²) < 4.78 is 2.11. The van der Waals surface area contributed by atoms with Crippen molar-refractivity contribution in [3.8, 4) is 0 Å². The summed E-state index contributed by atoms with van der Waals surface area (Å²) in [6.45, 7) is 2.39. The van der Waals surface area contributed by atoms with Crippen LogP contribution in [0.3, 0.4) is 0 Å². The van der Waals surface area contributed by atoms with Gasteiger partial charge in [0.15, 0.2) is 12.4 Å². The summed E-state index contributed by atoms with van der Waals surface area (Å²) in [5, 5.41) is 0. The smallest absolute Gasteiger partial charge is 0.168 e. The first-order valence-electron chi connectivity index (χ1n) is 6.22. The van der Waals surface area contributed by atoms with Crippen LogP contribution in [0.1, 0.15) is 50.5 Å². The lowest BCUT2D eigenvalue weighted by Gasteiger charge is -2.27. The van der Waals surface area contributed by atoms with Crippen molar-refractivity contribution in [2.75, 3.05) is 0 Å². The largest absolute Gasteiger partial charge is 0.208 e. The fraction of sp³-hybridized carbons (Fsp3) is 0.643. The molecule has 1 aromatic rings. The van der Waals surface area contributed by atoms with E-state index in [4.69, 9.17) is 0 Å². The second-order valence-corrected chi connectivity index (χ2v) is 4.98. The van der Waals surface area contributed by atoms with Gasteiger partial charge in [-0.1, -0.05) is 26.2 Å². The molecule has 1 aliphatic carbocycles. The lowest BCUT2D eigenvalue weighted by atomic mass is 9.78. The van der Waals surface area contributed by atoms with E-state index >= 15 is 0 Å². The van der Waals surface area contributed by atoms with E-state index in [-0.39, 0.29) is 0 Å². The highest BCUT2D eigenvalue weighted by Crippen LogP contribution is 2.35. The van der Waals surface area contributed by atoms with Crippen LogP contribution in [0.15, 0.2) is 24.5 Å². The van der Waals surface area contributed by atoms with Crippen LogP contribution in [0.25, 0.3) is 0 Å². The first-order chi connectivity index (χ1) is 7.27. The van der Waals surface area contributed by atoms with Gasteiger partial charge in [-0.15, -0.1) is 0 Å². The first kappa shape index (κ1) is 10.7. The minimum atomic E-state index is 0.742. The van der Waals surface area contributed by atoms with Gasteiger partial charge in [0.2, 0.25) is 0 Å². The van der Waals surface area contributed by atoms with Crippen molar-refractivity contribution >= 4 is 0 Å². The lowest BCUT2D eigenvalue weighted by Crippen LogP contribution is -2.26. The fourth-order valence-electron chi connectivity index (χ4n) is 2.72. The third-order valence-electron chi connectivity index (χ3n) is 3.89. The van der Waals surface area contributed by atoms with Gasteiger partial charge in [0.25, 0.3) is 0 Å². The molecule has 1 heteroatoms. The number of nitrogens with zero attached hydrogens (tertiary/aromatic N) is 1. The molecule has 1 unspecified atom stereocenters. The molecule has 1 heterocycles. The molecule has 0 aliphatic heterocycles. The van der Waals surface area contributed by atoms with Crippen molar-refractivity contribution in [2.24, 2.45) is 13.0 Å². The number of pyridine rings is 1. The van der Waals surface area contributed by atoms with Gasteiger partial charge in [0.05, 0.1) is 0 Å². The van der Waals surface area contributed by atoms with Crippen LogP contribution >= 0.6 is 0 Å². The molecule has 82 valence electrons. The van der Waals surface area contributed by atoms with E-state index in [2.05, 4.69) is 43.1 Å². The molecule has 0 bridgehead atoms. The van der Waals surface area contributed by atoms with E-state index < -0.39 is 0 Å². The van der Waals surface area contributed by atoms with E-state index in [0.29, 0.717) is 0 Å². The number of aryl methyl sites for hydroxylation is 1. The highest BCUT2D eigenvalue weighted by atomic mass is 14.9. The van der Waals surface area contributed by atoms with Crippen LogP contribution in [0.4, 0.5) is 0 Å². The van der Waals surface area contributed by atoms with Crippen molar-refractivity contribution in [1.82, 2.24) is 0 Å². The predicted octanol–water partition coefficient (Wildman–Crippen LogP) is 3.19. The van der Waals surface area contributed by atoms with Crippen LogP contribution < -0.4 is 4.57 Å². The van der Waals surface area contributed by atoms with E-state index in [1.165, 1.54) is 37.7 Å². The maximum Gasteiger partial charge on any atom is 0.168 e. The van der Waals surface area contributed by atoms with Gasteiger partial charge in [-0.25, -0.2) is 4.57 Å². The molecule has 0 aromatic carbocycles. The molecule has 1 saturated carbocycles. The Balaban J connectivity index is 2.05. The van der Waals surface area contributed by atoms with Crippen LogP contribution in [0, 0.1) is 5.92 Å². The van der Waals surface area contributed by atoms with Crippen LogP contribution in [0.2, 0.25) is 0 Å². The number of hydrogen-bond donors (Lipinski definition) is 0. The minimum absolute atomic E-state index is 0.742. The van der Waals surface area contributed by atoms with Crippen molar-refractivity contribution in [1.29, 1.82) is 0 Å². The van der Waals surface area contributed by atoms with Crippen LogP contribution in [0.5, 0.6) is 0 Å². The monoisotopic (exact) mass is 204 g/mol.